The van der Waals surface area contributed by atoms with Crippen molar-refractivity contribution in [2.24, 2.45) is 0 Å². The smallest absolute Gasteiger partial charge is 0.175 e. The fourth-order valence-electron chi connectivity index (χ4n) is 2.37. The van der Waals surface area contributed by atoms with Crippen LogP contribution in [0.4, 0.5) is 0 Å². The summed E-state index contributed by atoms with van der Waals surface area (Å²) in [6.45, 7) is 1.08. The van der Waals surface area contributed by atoms with Gasteiger partial charge < -0.3 is 4.90 Å². The molecule has 0 saturated carbocycles. The zero-order valence-corrected chi connectivity index (χ0v) is 10.3. The van der Waals surface area contributed by atoms with Gasteiger partial charge in [0, 0.05) is 13.1 Å². The summed E-state index contributed by atoms with van der Waals surface area (Å²) in [7, 11) is -5.03. The summed E-state index contributed by atoms with van der Waals surface area (Å²) in [6.07, 6.45) is 0.461. The van der Waals surface area contributed by atoms with E-state index in [4.69, 9.17) is 0 Å². The lowest BCUT2D eigenvalue weighted by Crippen LogP contribution is -2.49. The Labute approximate surface area is 90.3 Å². The van der Waals surface area contributed by atoms with Gasteiger partial charge in [0.15, 0.2) is 23.8 Å². The largest absolute Gasteiger partial charge is 0.306 e. The molecule has 0 N–H and O–H groups in total. The topological polar surface area (TPSA) is 71.5 Å². The first kappa shape index (κ1) is 11.3. The molecular weight excluding hydrogens is 238 g/mol. The predicted molar refractivity (Wildman–Crippen MR) is 57.0 cm³/mol. The highest BCUT2D eigenvalue weighted by Crippen LogP contribution is 2.41. The van der Waals surface area contributed by atoms with Crippen LogP contribution in [0, 0.1) is 0 Å². The Bertz CT molecular complexity index is 421. The van der Waals surface area contributed by atoms with Gasteiger partial charge in [-0.05, 0) is 19.9 Å². The summed E-state index contributed by atoms with van der Waals surface area (Å²) < 4.78 is 46.0. The van der Waals surface area contributed by atoms with E-state index < -0.39 is 23.8 Å². The van der Waals surface area contributed by atoms with Crippen molar-refractivity contribution in [3.05, 3.63) is 0 Å². The van der Waals surface area contributed by atoms with Crippen molar-refractivity contribution < 1.29 is 16.8 Å². The first-order valence-corrected chi connectivity index (χ1v) is 8.24. The number of sulfone groups is 2. The van der Waals surface area contributed by atoms with Gasteiger partial charge in [-0.25, -0.2) is 16.8 Å². The average Bonchev–Trinajstić information content (AvgIpc) is 2.31. The average molecular weight is 253 g/mol. The van der Waals surface area contributed by atoms with Crippen molar-refractivity contribution >= 4 is 19.7 Å². The van der Waals surface area contributed by atoms with Crippen LogP contribution in [0.5, 0.6) is 0 Å². The minimum Gasteiger partial charge on any atom is -0.306 e. The third-order valence-electron chi connectivity index (χ3n) is 3.50. The highest BCUT2D eigenvalue weighted by atomic mass is 32.3. The predicted octanol–water partition coefficient (Wildman–Crippen LogP) is -0.748. The van der Waals surface area contributed by atoms with Crippen LogP contribution < -0.4 is 0 Å². The first-order chi connectivity index (χ1) is 6.81. The molecule has 2 fully saturated rings. The van der Waals surface area contributed by atoms with E-state index in [2.05, 4.69) is 0 Å². The van der Waals surface area contributed by atoms with Gasteiger partial charge in [-0.1, -0.05) is 0 Å². The standard InChI is InChI=1S/C8H15NO4S2/c1-9-4-2-8(3-5-9)14(10,11)6-7-15(8,12)13/h2-7H2,1H3. The van der Waals surface area contributed by atoms with Crippen molar-refractivity contribution in [3.63, 3.8) is 0 Å². The van der Waals surface area contributed by atoms with Gasteiger partial charge in [-0.3, -0.25) is 0 Å². The molecule has 2 aliphatic heterocycles. The molecule has 0 bridgehead atoms. The normalized spacial score (nSPS) is 33.1. The lowest BCUT2D eigenvalue weighted by Gasteiger charge is -2.35. The Morgan fingerprint density at radius 3 is 1.73 bits per heavy atom. The highest BCUT2D eigenvalue weighted by Gasteiger charge is 2.59. The molecule has 0 aromatic heterocycles. The second-order valence-electron chi connectivity index (χ2n) is 4.35. The zero-order chi connectivity index (χ0) is 11.3. The zero-order valence-electron chi connectivity index (χ0n) is 8.64. The van der Waals surface area contributed by atoms with Crippen molar-refractivity contribution in [2.45, 2.75) is 16.9 Å². The van der Waals surface area contributed by atoms with Gasteiger partial charge in [-0.2, -0.15) is 0 Å². The second-order valence-corrected chi connectivity index (χ2v) is 9.45. The van der Waals surface area contributed by atoms with E-state index in [1.165, 1.54) is 0 Å². The van der Waals surface area contributed by atoms with Crippen molar-refractivity contribution in [3.8, 4) is 0 Å². The van der Waals surface area contributed by atoms with Crippen LogP contribution in [-0.4, -0.2) is 57.5 Å². The number of nitrogens with zero attached hydrogens (tertiary/aromatic N) is 1. The lowest BCUT2D eigenvalue weighted by atomic mass is 10.1. The molecule has 0 aromatic carbocycles. The summed E-state index contributed by atoms with van der Waals surface area (Å²) in [5.74, 6) is -0.391. The third-order valence-corrected chi connectivity index (χ3v) is 9.85. The monoisotopic (exact) mass is 253 g/mol. The van der Waals surface area contributed by atoms with Crippen molar-refractivity contribution in [2.75, 3.05) is 31.6 Å². The quantitative estimate of drug-likeness (QED) is 0.568. The lowest BCUT2D eigenvalue weighted by molar-refractivity contribution is 0.264. The summed E-state index contributed by atoms with van der Waals surface area (Å²) in [5.41, 5.74) is 0. The molecule has 0 amide bonds. The van der Waals surface area contributed by atoms with Gasteiger partial charge >= 0.3 is 0 Å². The van der Waals surface area contributed by atoms with E-state index in [1.54, 1.807) is 0 Å². The molecule has 15 heavy (non-hydrogen) atoms. The molecule has 0 atom stereocenters. The molecule has 0 aliphatic carbocycles. The molecule has 2 heterocycles. The molecule has 2 saturated heterocycles. The van der Waals surface area contributed by atoms with Crippen LogP contribution in [0.1, 0.15) is 12.8 Å². The molecule has 88 valence electrons. The minimum absolute atomic E-state index is 0.195. The van der Waals surface area contributed by atoms with E-state index in [0.29, 0.717) is 13.1 Å². The molecule has 1 spiro atoms. The number of hydrogen-bond acceptors (Lipinski definition) is 5. The van der Waals surface area contributed by atoms with Gasteiger partial charge in [-0.15, -0.1) is 0 Å². The minimum atomic E-state index is -3.46. The van der Waals surface area contributed by atoms with E-state index >= 15 is 0 Å². The number of likely N-dealkylation sites (tertiary alicyclic amines) is 1. The van der Waals surface area contributed by atoms with Gasteiger partial charge in [0.1, 0.15) is 0 Å². The first-order valence-electron chi connectivity index (χ1n) is 4.94. The molecule has 2 rings (SSSR count). The molecule has 5 nitrogen and oxygen atoms in total. The fraction of sp³-hybridized carbons (Fsp3) is 1.00. The van der Waals surface area contributed by atoms with Gasteiger partial charge in [0.05, 0.1) is 11.5 Å². The van der Waals surface area contributed by atoms with Crippen LogP contribution >= 0.6 is 0 Å². The van der Waals surface area contributed by atoms with Crippen LogP contribution in [0.3, 0.4) is 0 Å². The molecule has 2 aliphatic rings. The summed E-state index contributed by atoms with van der Waals surface area (Å²) in [6, 6.07) is 0. The van der Waals surface area contributed by atoms with Crippen molar-refractivity contribution in [1.29, 1.82) is 0 Å². The van der Waals surface area contributed by atoms with E-state index in [9.17, 15) is 16.8 Å². The number of hydrogen-bond donors (Lipinski definition) is 0. The van der Waals surface area contributed by atoms with Crippen LogP contribution in [0.2, 0.25) is 0 Å². The van der Waals surface area contributed by atoms with E-state index in [0.717, 1.165) is 0 Å². The molecule has 0 radical (unpaired) electrons. The number of piperidine rings is 1. The Hall–Kier alpha value is -0.140. The summed E-state index contributed by atoms with van der Waals surface area (Å²) in [5, 5.41) is 0. The maximum absolute atomic E-state index is 11.9. The van der Waals surface area contributed by atoms with Crippen LogP contribution in [-0.2, 0) is 19.7 Å². The number of rotatable bonds is 0. The summed E-state index contributed by atoms with van der Waals surface area (Å²) in [4.78, 5) is 1.97. The SMILES string of the molecule is CN1CCC2(CC1)S(=O)(=O)CCS2(=O)=O. The summed E-state index contributed by atoms with van der Waals surface area (Å²) >= 11 is 0. The Balaban J connectivity index is 2.49. The maximum atomic E-state index is 11.9. The molecular formula is C8H15NO4S2. The maximum Gasteiger partial charge on any atom is 0.175 e. The molecule has 0 unspecified atom stereocenters. The van der Waals surface area contributed by atoms with Crippen LogP contribution in [0.15, 0.2) is 0 Å². The van der Waals surface area contributed by atoms with Crippen LogP contribution in [0.25, 0.3) is 0 Å². The van der Waals surface area contributed by atoms with Gasteiger partial charge in [0.25, 0.3) is 0 Å². The Kier molecular flexibility index (Phi) is 2.40. The van der Waals surface area contributed by atoms with Crippen molar-refractivity contribution in [1.82, 2.24) is 4.90 Å². The third kappa shape index (κ3) is 1.43. The van der Waals surface area contributed by atoms with Gasteiger partial charge in [0.2, 0.25) is 0 Å². The highest BCUT2D eigenvalue weighted by molar-refractivity contribution is 8.13. The Morgan fingerprint density at radius 1 is 0.933 bits per heavy atom. The van der Waals surface area contributed by atoms with E-state index in [-0.39, 0.29) is 24.3 Å². The second kappa shape index (κ2) is 3.18. The Morgan fingerprint density at radius 2 is 1.33 bits per heavy atom. The fourth-order valence-corrected chi connectivity index (χ4v) is 8.52. The molecule has 7 heteroatoms. The molecule has 0 aromatic rings. The van der Waals surface area contributed by atoms with E-state index in [1.807, 2.05) is 11.9 Å².